The quantitative estimate of drug-likeness (QED) is 0.629. The van der Waals surface area contributed by atoms with Crippen LogP contribution in [0.1, 0.15) is 24.0 Å². The molecular weight excluding hydrogens is 365 g/mol. The van der Waals surface area contributed by atoms with Gasteiger partial charge >= 0.3 is 0 Å². The van der Waals surface area contributed by atoms with Crippen LogP contribution in [-0.4, -0.2) is 34.0 Å². The Morgan fingerprint density at radius 1 is 0.931 bits per heavy atom. The zero-order valence-electron chi connectivity index (χ0n) is 16.4. The van der Waals surface area contributed by atoms with Gasteiger partial charge in [-0.1, -0.05) is 42.5 Å². The van der Waals surface area contributed by atoms with E-state index in [1.807, 2.05) is 6.07 Å². The van der Waals surface area contributed by atoms with Gasteiger partial charge in [-0.3, -0.25) is 4.90 Å². The van der Waals surface area contributed by atoms with Crippen molar-refractivity contribution in [3.05, 3.63) is 83.8 Å². The summed E-state index contributed by atoms with van der Waals surface area (Å²) in [6.45, 7) is 3.73. The van der Waals surface area contributed by atoms with E-state index in [1.165, 1.54) is 17.7 Å². The summed E-state index contributed by atoms with van der Waals surface area (Å²) in [5, 5.41) is 6.74. The summed E-state index contributed by atoms with van der Waals surface area (Å²) in [4.78, 5) is 11.4. The Kier molecular flexibility index (Phi) is 6.32. The minimum atomic E-state index is -0.225. The number of rotatable bonds is 7. The molecule has 0 spiro atoms. The molecule has 1 aromatic heterocycles. The van der Waals surface area contributed by atoms with Crippen LogP contribution in [0, 0.1) is 5.82 Å². The van der Waals surface area contributed by atoms with Crippen molar-refractivity contribution in [1.29, 1.82) is 0 Å². The van der Waals surface area contributed by atoms with Gasteiger partial charge in [0, 0.05) is 38.4 Å². The molecule has 0 radical (unpaired) electrons. The molecule has 2 aromatic carbocycles. The zero-order chi connectivity index (χ0) is 19.9. The van der Waals surface area contributed by atoms with E-state index in [0.29, 0.717) is 18.5 Å². The number of piperidine rings is 1. The van der Waals surface area contributed by atoms with Crippen LogP contribution in [0.3, 0.4) is 0 Å². The Morgan fingerprint density at radius 2 is 1.69 bits per heavy atom. The second-order valence-electron chi connectivity index (χ2n) is 7.43. The Hall–Kier alpha value is -2.99. The van der Waals surface area contributed by atoms with E-state index >= 15 is 0 Å². The Balaban J connectivity index is 1.25. The molecule has 0 atom stereocenters. The maximum Gasteiger partial charge on any atom is 0.224 e. The number of nitrogens with one attached hydrogen (secondary N) is 2. The standard InChI is InChI=1S/C23H26FN5/c24-20-8-6-18(7-9-20)16-26-22-10-13-25-23(28-22)27-21-11-14-29(15-12-21)17-19-4-2-1-3-5-19/h1-10,13,21H,11-12,14-17H2,(H2,25,26,27,28). The molecule has 0 saturated carbocycles. The minimum absolute atomic E-state index is 0.225. The lowest BCUT2D eigenvalue weighted by Gasteiger charge is -2.32. The molecule has 3 aromatic rings. The molecule has 1 saturated heterocycles. The lowest BCUT2D eigenvalue weighted by atomic mass is 10.0. The van der Waals surface area contributed by atoms with Gasteiger partial charge in [0.1, 0.15) is 11.6 Å². The Labute approximate surface area is 171 Å². The molecule has 0 bridgehead atoms. The van der Waals surface area contributed by atoms with Crippen molar-refractivity contribution in [2.45, 2.75) is 32.0 Å². The summed E-state index contributed by atoms with van der Waals surface area (Å²) in [7, 11) is 0. The van der Waals surface area contributed by atoms with Crippen molar-refractivity contribution in [1.82, 2.24) is 14.9 Å². The number of nitrogens with zero attached hydrogens (tertiary/aromatic N) is 3. The van der Waals surface area contributed by atoms with E-state index in [9.17, 15) is 4.39 Å². The van der Waals surface area contributed by atoms with Crippen LogP contribution in [-0.2, 0) is 13.1 Å². The van der Waals surface area contributed by atoms with E-state index in [4.69, 9.17) is 0 Å². The SMILES string of the molecule is Fc1ccc(CNc2ccnc(NC3CCN(Cc4ccccc4)CC3)n2)cc1. The highest BCUT2D eigenvalue weighted by Gasteiger charge is 2.19. The first-order valence-corrected chi connectivity index (χ1v) is 10.1. The number of hydrogen-bond donors (Lipinski definition) is 2. The average molecular weight is 391 g/mol. The van der Waals surface area contributed by atoms with E-state index in [2.05, 4.69) is 55.8 Å². The second kappa shape index (κ2) is 9.47. The van der Waals surface area contributed by atoms with Gasteiger partial charge in [-0.15, -0.1) is 0 Å². The van der Waals surface area contributed by atoms with Crippen LogP contribution in [0.5, 0.6) is 0 Å². The first kappa shape index (κ1) is 19.3. The van der Waals surface area contributed by atoms with E-state index in [1.54, 1.807) is 18.3 Å². The molecule has 5 nitrogen and oxygen atoms in total. The molecule has 1 aliphatic rings. The van der Waals surface area contributed by atoms with Crippen LogP contribution in [0.15, 0.2) is 66.9 Å². The van der Waals surface area contributed by atoms with Gasteiger partial charge in [-0.2, -0.15) is 4.98 Å². The van der Waals surface area contributed by atoms with E-state index < -0.39 is 0 Å². The van der Waals surface area contributed by atoms with E-state index in [-0.39, 0.29) is 5.82 Å². The lowest BCUT2D eigenvalue weighted by Crippen LogP contribution is -2.39. The normalized spacial score (nSPS) is 15.2. The largest absolute Gasteiger partial charge is 0.366 e. The summed E-state index contributed by atoms with van der Waals surface area (Å²) >= 11 is 0. The molecule has 4 rings (SSSR count). The molecule has 1 fully saturated rings. The number of halogens is 1. The van der Waals surface area contributed by atoms with Crippen LogP contribution in [0.4, 0.5) is 16.2 Å². The minimum Gasteiger partial charge on any atom is -0.366 e. The summed E-state index contributed by atoms with van der Waals surface area (Å²) < 4.78 is 13.0. The predicted octanol–water partition coefficient (Wildman–Crippen LogP) is 4.30. The molecule has 2 heterocycles. The highest BCUT2D eigenvalue weighted by atomic mass is 19.1. The van der Waals surface area contributed by atoms with Crippen molar-refractivity contribution in [3.63, 3.8) is 0 Å². The fourth-order valence-electron chi connectivity index (χ4n) is 3.58. The number of aromatic nitrogens is 2. The molecule has 2 N–H and O–H groups in total. The third-order valence-electron chi connectivity index (χ3n) is 5.21. The number of anilines is 2. The topological polar surface area (TPSA) is 53.1 Å². The smallest absolute Gasteiger partial charge is 0.224 e. The molecule has 150 valence electrons. The summed E-state index contributed by atoms with van der Waals surface area (Å²) in [6.07, 6.45) is 3.90. The fraction of sp³-hybridized carbons (Fsp3) is 0.304. The third kappa shape index (κ3) is 5.74. The molecule has 0 aliphatic carbocycles. The van der Waals surface area contributed by atoms with Gasteiger partial charge < -0.3 is 10.6 Å². The van der Waals surface area contributed by atoms with Gasteiger partial charge in [0.05, 0.1) is 0 Å². The van der Waals surface area contributed by atoms with Gasteiger partial charge in [0.25, 0.3) is 0 Å². The van der Waals surface area contributed by atoms with Gasteiger partial charge in [0.15, 0.2) is 0 Å². The first-order chi connectivity index (χ1) is 14.2. The summed E-state index contributed by atoms with van der Waals surface area (Å²) in [6, 6.07) is 19.3. The third-order valence-corrected chi connectivity index (χ3v) is 5.21. The predicted molar refractivity (Wildman–Crippen MR) is 114 cm³/mol. The summed E-state index contributed by atoms with van der Waals surface area (Å²) in [5.41, 5.74) is 2.37. The van der Waals surface area contributed by atoms with Crippen molar-refractivity contribution in [2.75, 3.05) is 23.7 Å². The zero-order valence-corrected chi connectivity index (χ0v) is 16.4. The highest BCUT2D eigenvalue weighted by Crippen LogP contribution is 2.17. The molecule has 29 heavy (non-hydrogen) atoms. The number of likely N-dealkylation sites (tertiary alicyclic amines) is 1. The monoisotopic (exact) mass is 391 g/mol. The second-order valence-corrected chi connectivity index (χ2v) is 7.43. The maximum atomic E-state index is 13.0. The fourth-order valence-corrected chi connectivity index (χ4v) is 3.58. The summed E-state index contributed by atoms with van der Waals surface area (Å²) in [5.74, 6) is 1.18. The van der Waals surface area contributed by atoms with Crippen LogP contribution in [0.2, 0.25) is 0 Å². The Bertz CT molecular complexity index is 893. The van der Waals surface area contributed by atoms with Gasteiger partial charge in [-0.25, -0.2) is 9.37 Å². The van der Waals surface area contributed by atoms with Crippen molar-refractivity contribution in [3.8, 4) is 0 Å². The highest BCUT2D eigenvalue weighted by molar-refractivity contribution is 5.40. The van der Waals surface area contributed by atoms with Gasteiger partial charge in [-0.05, 0) is 42.2 Å². The van der Waals surface area contributed by atoms with Crippen LogP contribution < -0.4 is 10.6 Å². The molecular formula is C23H26FN5. The van der Waals surface area contributed by atoms with Crippen molar-refractivity contribution < 1.29 is 4.39 Å². The van der Waals surface area contributed by atoms with Crippen LogP contribution >= 0.6 is 0 Å². The lowest BCUT2D eigenvalue weighted by molar-refractivity contribution is 0.211. The Morgan fingerprint density at radius 3 is 2.45 bits per heavy atom. The molecule has 0 unspecified atom stereocenters. The molecule has 6 heteroatoms. The van der Waals surface area contributed by atoms with Crippen molar-refractivity contribution in [2.24, 2.45) is 0 Å². The first-order valence-electron chi connectivity index (χ1n) is 10.1. The number of hydrogen-bond acceptors (Lipinski definition) is 5. The van der Waals surface area contributed by atoms with Crippen molar-refractivity contribution >= 4 is 11.8 Å². The average Bonchev–Trinajstić information content (AvgIpc) is 2.76. The molecule has 1 aliphatic heterocycles. The number of benzene rings is 2. The molecule has 0 amide bonds. The van der Waals surface area contributed by atoms with E-state index in [0.717, 1.165) is 43.9 Å². The van der Waals surface area contributed by atoms with Crippen LogP contribution in [0.25, 0.3) is 0 Å². The maximum absolute atomic E-state index is 13.0. The van der Waals surface area contributed by atoms with Gasteiger partial charge in [0.2, 0.25) is 5.95 Å².